The summed E-state index contributed by atoms with van der Waals surface area (Å²) < 4.78 is 46.9. The summed E-state index contributed by atoms with van der Waals surface area (Å²) in [6, 6.07) is 10.4. The van der Waals surface area contributed by atoms with Gasteiger partial charge in [-0.15, -0.1) is 0 Å². The van der Waals surface area contributed by atoms with Crippen LogP contribution in [0.4, 0.5) is 19.1 Å². The minimum atomic E-state index is -4.43. The van der Waals surface area contributed by atoms with Crippen LogP contribution in [0.25, 0.3) is 17.3 Å². The zero-order valence-corrected chi connectivity index (χ0v) is 17.3. The number of halogens is 3. The number of hydrogen-bond donors (Lipinski definition) is 0. The second-order valence-electron chi connectivity index (χ2n) is 7.37. The van der Waals surface area contributed by atoms with Crippen molar-refractivity contribution in [3.63, 3.8) is 0 Å². The molecule has 1 unspecified atom stereocenters. The van der Waals surface area contributed by atoms with Crippen LogP contribution in [0.3, 0.4) is 0 Å². The van der Waals surface area contributed by atoms with Crippen molar-refractivity contribution in [2.45, 2.75) is 12.3 Å². The van der Waals surface area contributed by atoms with E-state index in [4.69, 9.17) is 4.74 Å². The summed E-state index contributed by atoms with van der Waals surface area (Å²) >= 11 is 0. The Bertz CT molecular complexity index is 1180. The highest BCUT2D eigenvalue weighted by molar-refractivity contribution is 5.60. The predicted molar refractivity (Wildman–Crippen MR) is 115 cm³/mol. The number of rotatable bonds is 4. The van der Waals surface area contributed by atoms with Gasteiger partial charge in [0.25, 0.3) is 5.56 Å². The molecule has 1 fully saturated rings. The Balaban J connectivity index is 1.59. The summed E-state index contributed by atoms with van der Waals surface area (Å²) in [5, 5.41) is 0. The first-order valence-electron chi connectivity index (χ1n) is 10.0. The Morgan fingerprint density at radius 1 is 1.16 bits per heavy atom. The summed E-state index contributed by atoms with van der Waals surface area (Å²) in [4.78, 5) is 23.1. The van der Waals surface area contributed by atoms with Crippen molar-refractivity contribution >= 4 is 12.0 Å². The minimum absolute atomic E-state index is 0.0749. The molecule has 1 aliphatic rings. The topological polar surface area (TPSA) is 60.2 Å². The van der Waals surface area contributed by atoms with Crippen molar-refractivity contribution in [3.05, 3.63) is 82.4 Å². The average Bonchev–Trinajstić information content (AvgIpc) is 2.80. The molecule has 0 radical (unpaired) electrons. The fraction of sp³-hybridized carbons (Fsp3) is 0.261. The summed E-state index contributed by atoms with van der Waals surface area (Å²) in [6.07, 6.45) is 1.41. The lowest BCUT2D eigenvalue weighted by Gasteiger charge is -2.33. The lowest BCUT2D eigenvalue weighted by molar-refractivity contribution is -0.137. The molecule has 0 saturated carbocycles. The Labute approximate surface area is 182 Å². The molecule has 0 N–H and O–H groups in total. The van der Waals surface area contributed by atoms with Gasteiger partial charge in [0.1, 0.15) is 0 Å². The molecule has 1 aromatic carbocycles. The number of pyridine rings is 1. The van der Waals surface area contributed by atoms with Gasteiger partial charge in [0.15, 0.2) is 0 Å². The van der Waals surface area contributed by atoms with Crippen LogP contribution >= 0.6 is 0 Å². The zero-order valence-electron chi connectivity index (χ0n) is 17.3. The Kier molecular flexibility index (Phi) is 6.09. The largest absolute Gasteiger partial charge is 0.416 e. The maximum absolute atomic E-state index is 13.2. The number of aromatic nitrogens is 3. The second-order valence-corrected chi connectivity index (χ2v) is 7.37. The van der Waals surface area contributed by atoms with E-state index >= 15 is 0 Å². The lowest BCUT2D eigenvalue weighted by Crippen LogP contribution is -2.44. The molecule has 1 saturated heterocycles. The molecule has 3 aromatic rings. The Morgan fingerprint density at radius 3 is 2.66 bits per heavy atom. The molecule has 2 aromatic heterocycles. The number of hydrogen-bond acceptors (Lipinski definition) is 5. The summed E-state index contributed by atoms with van der Waals surface area (Å²) in [5.41, 5.74) is 0.471. The molecule has 9 heteroatoms. The average molecular weight is 442 g/mol. The summed E-state index contributed by atoms with van der Waals surface area (Å²) in [6.45, 7) is 1.21. The SMILES string of the molecule is Cn1c(N2CCOC(/C=C/c3ccccc3C(F)(F)F)C2)nc(-c2ccncc2)cc1=O. The number of alkyl halides is 3. The van der Waals surface area contributed by atoms with Crippen molar-refractivity contribution in [2.24, 2.45) is 7.05 Å². The molecule has 166 valence electrons. The molecule has 32 heavy (non-hydrogen) atoms. The van der Waals surface area contributed by atoms with Crippen LogP contribution < -0.4 is 10.5 Å². The van der Waals surface area contributed by atoms with E-state index in [1.165, 1.54) is 28.8 Å². The molecular weight excluding hydrogens is 421 g/mol. The van der Waals surface area contributed by atoms with E-state index in [1.54, 1.807) is 43.7 Å². The number of anilines is 1. The monoisotopic (exact) mass is 442 g/mol. The molecule has 0 amide bonds. The van der Waals surface area contributed by atoms with Crippen LogP contribution in [0.1, 0.15) is 11.1 Å². The zero-order chi connectivity index (χ0) is 22.7. The molecule has 3 heterocycles. The van der Waals surface area contributed by atoms with Crippen molar-refractivity contribution in [3.8, 4) is 11.3 Å². The van der Waals surface area contributed by atoms with Gasteiger partial charge >= 0.3 is 6.18 Å². The molecule has 0 bridgehead atoms. The van der Waals surface area contributed by atoms with Gasteiger partial charge in [-0.1, -0.05) is 30.4 Å². The number of benzene rings is 1. The van der Waals surface area contributed by atoms with Gasteiger partial charge in [-0.3, -0.25) is 14.3 Å². The van der Waals surface area contributed by atoms with Crippen LogP contribution in [0.2, 0.25) is 0 Å². The minimum Gasteiger partial charge on any atom is -0.370 e. The highest BCUT2D eigenvalue weighted by Gasteiger charge is 2.32. The van der Waals surface area contributed by atoms with Crippen molar-refractivity contribution in [1.29, 1.82) is 0 Å². The van der Waals surface area contributed by atoms with Crippen molar-refractivity contribution < 1.29 is 17.9 Å². The third-order valence-corrected chi connectivity index (χ3v) is 5.22. The smallest absolute Gasteiger partial charge is 0.370 e. The van der Waals surface area contributed by atoms with E-state index in [0.717, 1.165) is 11.6 Å². The van der Waals surface area contributed by atoms with Gasteiger partial charge in [0, 0.05) is 37.6 Å². The molecule has 4 rings (SSSR count). The Morgan fingerprint density at radius 2 is 1.91 bits per heavy atom. The second kappa shape index (κ2) is 8.96. The van der Waals surface area contributed by atoms with Crippen LogP contribution in [0.5, 0.6) is 0 Å². The quantitative estimate of drug-likeness (QED) is 0.616. The number of morpholine rings is 1. The highest BCUT2D eigenvalue weighted by Crippen LogP contribution is 2.32. The first kappa shape index (κ1) is 21.8. The van der Waals surface area contributed by atoms with Crippen molar-refractivity contribution in [1.82, 2.24) is 14.5 Å². The van der Waals surface area contributed by atoms with Crippen molar-refractivity contribution in [2.75, 3.05) is 24.6 Å². The molecule has 0 aliphatic carbocycles. The van der Waals surface area contributed by atoms with Gasteiger partial charge in [0.05, 0.1) is 30.5 Å². The van der Waals surface area contributed by atoms with Gasteiger partial charge in [-0.25, -0.2) is 4.98 Å². The van der Waals surface area contributed by atoms with Crippen LogP contribution in [0, 0.1) is 0 Å². The summed E-state index contributed by atoms with van der Waals surface area (Å²) in [7, 11) is 1.64. The fourth-order valence-corrected chi connectivity index (χ4v) is 3.57. The standard InChI is InChI=1S/C23H21F3N4O2/c1-29-21(31)14-20(17-8-10-27-11-9-17)28-22(29)30-12-13-32-18(15-30)7-6-16-4-2-3-5-19(16)23(24,25)26/h2-11,14,18H,12-13,15H2,1H3/b7-6+. The van der Waals surface area contributed by atoms with Gasteiger partial charge in [-0.05, 0) is 23.8 Å². The van der Waals surface area contributed by atoms with Gasteiger partial charge < -0.3 is 9.64 Å². The maximum atomic E-state index is 13.2. The van der Waals surface area contributed by atoms with Crippen LogP contribution in [-0.2, 0) is 18.0 Å². The normalized spacial score (nSPS) is 17.1. The third kappa shape index (κ3) is 4.72. The molecule has 1 atom stereocenters. The maximum Gasteiger partial charge on any atom is 0.416 e. The van der Waals surface area contributed by atoms with Gasteiger partial charge in [0.2, 0.25) is 5.95 Å². The fourth-order valence-electron chi connectivity index (χ4n) is 3.57. The molecule has 0 spiro atoms. The molecule has 6 nitrogen and oxygen atoms in total. The molecular formula is C23H21F3N4O2. The van der Waals surface area contributed by atoms with E-state index in [9.17, 15) is 18.0 Å². The first-order chi connectivity index (χ1) is 15.3. The highest BCUT2D eigenvalue weighted by atomic mass is 19.4. The number of nitrogens with zero attached hydrogens (tertiary/aromatic N) is 4. The van der Waals surface area contributed by atoms with Gasteiger partial charge in [-0.2, -0.15) is 13.2 Å². The third-order valence-electron chi connectivity index (χ3n) is 5.22. The van der Waals surface area contributed by atoms with E-state index < -0.39 is 17.8 Å². The van der Waals surface area contributed by atoms with E-state index in [0.29, 0.717) is 31.3 Å². The van der Waals surface area contributed by atoms with Crippen LogP contribution in [-0.4, -0.2) is 40.3 Å². The van der Waals surface area contributed by atoms with E-state index in [-0.39, 0.29) is 11.1 Å². The lowest BCUT2D eigenvalue weighted by atomic mass is 10.1. The van der Waals surface area contributed by atoms with Crippen LogP contribution in [0.15, 0.2) is 65.7 Å². The molecule has 1 aliphatic heterocycles. The van der Waals surface area contributed by atoms with E-state index in [1.807, 2.05) is 4.90 Å². The number of ether oxygens (including phenoxy) is 1. The summed E-state index contributed by atoms with van der Waals surface area (Å²) in [5.74, 6) is 0.474. The van der Waals surface area contributed by atoms with E-state index in [2.05, 4.69) is 9.97 Å². The predicted octanol–water partition coefficient (Wildman–Crippen LogP) is 3.78. The first-order valence-corrected chi connectivity index (χ1v) is 10.0. The Hall–Kier alpha value is -3.46.